The van der Waals surface area contributed by atoms with Crippen molar-refractivity contribution in [3.8, 4) is 5.75 Å². The van der Waals surface area contributed by atoms with E-state index in [2.05, 4.69) is 0 Å². The van der Waals surface area contributed by atoms with Gasteiger partial charge >= 0.3 is 6.43 Å². The normalized spacial score (nSPS) is 10.6. The summed E-state index contributed by atoms with van der Waals surface area (Å²) in [5.41, 5.74) is 0.434. The third kappa shape index (κ3) is 3.38. The maximum atomic E-state index is 13.4. The fourth-order valence-electron chi connectivity index (χ4n) is 1.51. The summed E-state index contributed by atoms with van der Waals surface area (Å²) in [7, 11) is 1.33. The molecule has 0 radical (unpaired) electrons. The van der Waals surface area contributed by atoms with E-state index in [0.29, 0.717) is 5.56 Å². The number of amides is 1. The minimum atomic E-state index is -3.05. The quantitative estimate of drug-likeness (QED) is 0.814. The van der Waals surface area contributed by atoms with Crippen LogP contribution in [0.15, 0.2) is 18.2 Å². The lowest BCUT2D eigenvalue weighted by molar-refractivity contribution is -0.143. The molecule has 1 aromatic rings. The summed E-state index contributed by atoms with van der Waals surface area (Å²) in [5.74, 6) is -1.77. The highest BCUT2D eigenvalue weighted by molar-refractivity contribution is 5.79. The SMILES string of the molecule is CCN(Cc1ccc(OC)c(F)c1)C(=O)C(F)F. The second kappa shape index (κ2) is 6.28. The van der Waals surface area contributed by atoms with Gasteiger partial charge in [0.25, 0.3) is 5.91 Å². The molecular formula is C12H14F3NO2. The Labute approximate surface area is 103 Å². The predicted octanol–water partition coefficient (Wildman–Crippen LogP) is 2.45. The second-order valence-electron chi connectivity index (χ2n) is 3.62. The van der Waals surface area contributed by atoms with Gasteiger partial charge in [-0.15, -0.1) is 0 Å². The van der Waals surface area contributed by atoms with Gasteiger partial charge in [-0.25, -0.2) is 4.39 Å². The summed E-state index contributed by atoms with van der Waals surface area (Å²) in [4.78, 5) is 12.1. The van der Waals surface area contributed by atoms with Crippen LogP contribution in [0.2, 0.25) is 0 Å². The predicted molar refractivity (Wildman–Crippen MR) is 60.0 cm³/mol. The maximum absolute atomic E-state index is 13.4. The largest absolute Gasteiger partial charge is 0.494 e. The van der Waals surface area contributed by atoms with E-state index in [1.54, 1.807) is 6.92 Å². The van der Waals surface area contributed by atoms with Crippen LogP contribution >= 0.6 is 0 Å². The number of halogens is 3. The van der Waals surface area contributed by atoms with Crippen LogP contribution in [0, 0.1) is 5.82 Å². The van der Waals surface area contributed by atoms with Crippen LogP contribution in [0.5, 0.6) is 5.75 Å². The van der Waals surface area contributed by atoms with Crippen molar-refractivity contribution in [1.29, 1.82) is 0 Å². The van der Waals surface area contributed by atoms with E-state index < -0.39 is 18.1 Å². The molecule has 0 fully saturated rings. The number of nitrogens with zero attached hydrogens (tertiary/aromatic N) is 1. The molecule has 0 aliphatic carbocycles. The summed E-state index contributed by atoms with van der Waals surface area (Å²) < 4.78 is 42.7. The molecule has 0 bridgehead atoms. The van der Waals surface area contributed by atoms with E-state index in [0.717, 1.165) is 4.90 Å². The first kappa shape index (κ1) is 14.3. The van der Waals surface area contributed by atoms with Crippen LogP contribution in [0.25, 0.3) is 0 Å². The monoisotopic (exact) mass is 261 g/mol. The van der Waals surface area contributed by atoms with Gasteiger partial charge in [0.2, 0.25) is 0 Å². The van der Waals surface area contributed by atoms with Gasteiger partial charge in [0, 0.05) is 13.1 Å². The van der Waals surface area contributed by atoms with Crippen LogP contribution in [-0.2, 0) is 11.3 Å². The topological polar surface area (TPSA) is 29.5 Å². The smallest absolute Gasteiger partial charge is 0.315 e. The van der Waals surface area contributed by atoms with Crippen molar-refractivity contribution >= 4 is 5.91 Å². The molecule has 0 saturated carbocycles. The number of alkyl halides is 2. The first-order valence-corrected chi connectivity index (χ1v) is 5.39. The fraction of sp³-hybridized carbons (Fsp3) is 0.417. The Kier molecular flexibility index (Phi) is 5.00. The lowest BCUT2D eigenvalue weighted by atomic mass is 10.2. The molecule has 0 heterocycles. The van der Waals surface area contributed by atoms with E-state index >= 15 is 0 Å². The van der Waals surface area contributed by atoms with E-state index in [1.807, 2.05) is 0 Å². The summed E-state index contributed by atoms with van der Waals surface area (Å²) >= 11 is 0. The minimum absolute atomic E-state index is 0.0550. The number of carbonyl (C=O) groups excluding carboxylic acids is 1. The van der Waals surface area contributed by atoms with Crippen molar-refractivity contribution in [1.82, 2.24) is 4.90 Å². The molecule has 0 aliphatic heterocycles. The average molecular weight is 261 g/mol. The van der Waals surface area contributed by atoms with E-state index in [1.165, 1.54) is 25.3 Å². The molecule has 18 heavy (non-hydrogen) atoms. The Hall–Kier alpha value is -1.72. The maximum Gasteiger partial charge on any atom is 0.315 e. The minimum Gasteiger partial charge on any atom is -0.494 e. The van der Waals surface area contributed by atoms with Gasteiger partial charge in [0.05, 0.1) is 7.11 Å². The van der Waals surface area contributed by atoms with Gasteiger partial charge in [-0.1, -0.05) is 6.07 Å². The summed E-state index contributed by atoms with van der Waals surface area (Å²) in [5, 5.41) is 0. The molecule has 0 N–H and O–H groups in total. The molecule has 6 heteroatoms. The van der Waals surface area contributed by atoms with E-state index in [-0.39, 0.29) is 18.8 Å². The molecule has 0 atom stereocenters. The Balaban J connectivity index is 2.82. The summed E-state index contributed by atoms with van der Waals surface area (Å²) in [6.07, 6.45) is -3.05. The standard InChI is InChI=1S/C12H14F3NO2/c1-3-16(12(17)11(14)15)7-8-4-5-10(18-2)9(13)6-8/h4-6,11H,3,7H2,1-2H3. The number of methoxy groups -OCH3 is 1. The van der Waals surface area contributed by atoms with Gasteiger partial charge in [-0.05, 0) is 24.6 Å². The average Bonchev–Trinajstić information content (AvgIpc) is 2.35. The van der Waals surface area contributed by atoms with Crippen LogP contribution < -0.4 is 4.74 Å². The summed E-state index contributed by atoms with van der Waals surface area (Å²) in [6, 6.07) is 4.09. The van der Waals surface area contributed by atoms with Crippen LogP contribution in [-0.4, -0.2) is 30.9 Å². The molecule has 0 spiro atoms. The molecule has 0 aromatic heterocycles. The molecular weight excluding hydrogens is 247 g/mol. The number of hydrogen-bond acceptors (Lipinski definition) is 2. The second-order valence-corrected chi connectivity index (χ2v) is 3.62. The Morgan fingerprint density at radius 1 is 1.44 bits per heavy atom. The van der Waals surface area contributed by atoms with Crippen molar-refractivity contribution in [2.24, 2.45) is 0 Å². The number of hydrogen-bond donors (Lipinski definition) is 0. The van der Waals surface area contributed by atoms with Gasteiger partial charge < -0.3 is 9.64 Å². The highest BCUT2D eigenvalue weighted by Gasteiger charge is 2.22. The van der Waals surface area contributed by atoms with Gasteiger partial charge in [-0.2, -0.15) is 8.78 Å². The zero-order chi connectivity index (χ0) is 13.7. The van der Waals surface area contributed by atoms with Gasteiger partial charge in [-0.3, -0.25) is 4.79 Å². The third-order valence-electron chi connectivity index (χ3n) is 2.47. The molecule has 0 saturated heterocycles. The Morgan fingerprint density at radius 3 is 2.56 bits per heavy atom. The van der Waals surface area contributed by atoms with Crippen molar-refractivity contribution in [2.45, 2.75) is 19.9 Å². The van der Waals surface area contributed by atoms with E-state index in [4.69, 9.17) is 4.74 Å². The molecule has 1 rings (SSSR count). The molecule has 100 valence electrons. The van der Waals surface area contributed by atoms with Gasteiger partial charge in [0.15, 0.2) is 11.6 Å². The van der Waals surface area contributed by atoms with Crippen molar-refractivity contribution < 1.29 is 22.7 Å². The lowest BCUT2D eigenvalue weighted by Gasteiger charge is -2.20. The zero-order valence-electron chi connectivity index (χ0n) is 10.1. The number of carbonyl (C=O) groups is 1. The van der Waals surface area contributed by atoms with Crippen molar-refractivity contribution in [2.75, 3.05) is 13.7 Å². The first-order valence-electron chi connectivity index (χ1n) is 5.39. The highest BCUT2D eigenvalue weighted by atomic mass is 19.3. The van der Waals surface area contributed by atoms with Crippen molar-refractivity contribution in [3.05, 3.63) is 29.6 Å². The van der Waals surface area contributed by atoms with Crippen LogP contribution in [0.3, 0.4) is 0 Å². The molecule has 1 aromatic carbocycles. The number of rotatable bonds is 5. The first-order chi connectivity index (χ1) is 8.49. The highest BCUT2D eigenvalue weighted by Crippen LogP contribution is 2.19. The lowest BCUT2D eigenvalue weighted by Crippen LogP contribution is -2.34. The van der Waals surface area contributed by atoms with Crippen LogP contribution in [0.4, 0.5) is 13.2 Å². The Bertz CT molecular complexity index is 424. The third-order valence-corrected chi connectivity index (χ3v) is 2.47. The fourth-order valence-corrected chi connectivity index (χ4v) is 1.51. The van der Waals surface area contributed by atoms with Crippen molar-refractivity contribution in [3.63, 3.8) is 0 Å². The van der Waals surface area contributed by atoms with E-state index in [9.17, 15) is 18.0 Å². The van der Waals surface area contributed by atoms with Gasteiger partial charge in [0.1, 0.15) is 0 Å². The molecule has 0 unspecified atom stereocenters. The molecule has 3 nitrogen and oxygen atoms in total. The number of benzene rings is 1. The summed E-state index contributed by atoms with van der Waals surface area (Å²) in [6.45, 7) is 1.66. The Morgan fingerprint density at radius 2 is 2.11 bits per heavy atom. The number of ether oxygens (including phenoxy) is 1. The molecule has 0 aliphatic rings. The zero-order valence-corrected chi connectivity index (χ0v) is 10.1. The van der Waals surface area contributed by atoms with Crippen LogP contribution in [0.1, 0.15) is 12.5 Å². The molecule has 1 amide bonds.